The highest BCUT2D eigenvalue weighted by molar-refractivity contribution is 6.02. The second kappa shape index (κ2) is 13.2. The number of likely N-dealkylation sites (N-methyl/N-ethyl adjacent to an activating group) is 1. The van der Waals surface area contributed by atoms with E-state index in [9.17, 15) is 9.59 Å². The first-order valence-corrected chi connectivity index (χ1v) is 12.2. The Morgan fingerprint density at radius 3 is 2.27 bits per heavy atom. The highest BCUT2D eigenvalue weighted by atomic mass is 16.5. The third-order valence-corrected chi connectivity index (χ3v) is 6.17. The van der Waals surface area contributed by atoms with Crippen LogP contribution in [0.4, 0.5) is 11.4 Å². The van der Waals surface area contributed by atoms with E-state index in [1.54, 1.807) is 26.1 Å². The van der Waals surface area contributed by atoms with E-state index in [0.29, 0.717) is 29.3 Å². The standard InChI is InChI=1S/C17H19N3O2.C12H16N2O/c1-3-22-17(21)13-6-4-5-11(9-13)12-7-8-14(15(18)10-12)16(19)20-2;1-13-6-8-14(9-7-13)12-4-2-11(10-15)3-5-12/h4-10H,3,18H2,1-2H3,(H2,19,20);2-5,10H,6-9H2,1H3. The van der Waals surface area contributed by atoms with Crippen LogP contribution in [0.2, 0.25) is 0 Å². The minimum atomic E-state index is -0.337. The van der Waals surface area contributed by atoms with Crippen molar-refractivity contribution in [2.75, 3.05) is 57.5 Å². The summed E-state index contributed by atoms with van der Waals surface area (Å²) < 4.78 is 5.01. The molecule has 1 heterocycles. The third-order valence-electron chi connectivity index (χ3n) is 6.17. The molecule has 37 heavy (non-hydrogen) atoms. The molecule has 4 rings (SSSR count). The summed E-state index contributed by atoms with van der Waals surface area (Å²) in [6.07, 6.45) is 0.883. The molecule has 0 unspecified atom stereocenters. The molecule has 3 aromatic rings. The number of piperazine rings is 1. The highest BCUT2D eigenvalue weighted by Gasteiger charge is 2.14. The number of rotatable bonds is 6. The van der Waals surface area contributed by atoms with Crippen molar-refractivity contribution in [3.63, 3.8) is 0 Å². The molecule has 0 aromatic heterocycles. The van der Waals surface area contributed by atoms with Gasteiger partial charge in [0.2, 0.25) is 0 Å². The largest absolute Gasteiger partial charge is 0.462 e. The fourth-order valence-corrected chi connectivity index (χ4v) is 3.96. The monoisotopic (exact) mass is 501 g/mol. The molecule has 4 N–H and O–H groups in total. The van der Waals surface area contributed by atoms with Gasteiger partial charge in [0.05, 0.1) is 12.2 Å². The van der Waals surface area contributed by atoms with E-state index in [0.717, 1.165) is 49.2 Å². The summed E-state index contributed by atoms with van der Waals surface area (Å²) in [4.78, 5) is 30.9. The summed E-state index contributed by atoms with van der Waals surface area (Å²) in [5, 5.41) is 0. The molecular formula is C29H35N5O3. The number of esters is 1. The van der Waals surface area contributed by atoms with Gasteiger partial charge in [-0.15, -0.1) is 0 Å². The summed E-state index contributed by atoms with van der Waals surface area (Å²) in [5.74, 6) is 0.0561. The smallest absolute Gasteiger partial charge is 0.338 e. The lowest BCUT2D eigenvalue weighted by atomic mass is 10.0. The fourth-order valence-electron chi connectivity index (χ4n) is 3.96. The molecule has 0 bridgehead atoms. The predicted molar refractivity (Wildman–Crippen MR) is 150 cm³/mol. The fraction of sp³-hybridized carbons (Fsp3) is 0.276. The quantitative estimate of drug-likeness (QED) is 0.174. The summed E-state index contributed by atoms with van der Waals surface area (Å²) in [7, 11) is 3.76. The van der Waals surface area contributed by atoms with Gasteiger partial charge in [-0.25, -0.2) is 4.79 Å². The van der Waals surface area contributed by atoms with Crippen molar-refractivity contribution < 1.29 is 14.3 Å². The zero-order chi connectivity index (χ0) is 26.8. The molecule has 0 spiro atoms. The van der Waals surface area contributed by atoms with Gasteiger partial charge in [-0.1, -0.05) is 18.2 Å². The van der Waals surface area contributed by atoms with Crippen LogP contribution in [-0.2, 0) is 4.74 Å². The van der Waals surface area contributed by atoms with Crippen molar-refractivity contribution in [3.05, 3.63) is 83.4 Å². The second-order valence-corrected chi connectivity index (χ2v) is 8.71. The first-order valence-electron chi connectivity index (χ1n) is 12.2. The van der Waals surface area contributed by atoms with Gasteiger partial charge < -0.3 is 26.0 Å². The van der Waals surface area contributed by atoms with Crippen LogP contribution in [0.25, 0.3) is 11.1 Å². The second-order valence-electron chi connectivity index (χ2n) is 8.71. The number of carbonyl (C=O) groups is 2. The van der Waals surface area contributed by atoms with E-state index in [1.165, 1.54) is 5.69 Å². The molecule has 194 valence electrons. The third kappa shape index (κ3) is 7.41. The number of hydrogen-bond acceptors (Lipinski definition) is 7. The molecule has 0 aliphatic carbocycles. The molecule has 1 saturated heterocycles. The van der Waals surface area contributed by atoms with Gasteiger partial charge in [-0.2, -0.15) is 0 Å². The van der Waals surface area contributed by atoms with E-state index >= 15 is 0 Å². The van der Waals surface area contributed by atoms with Crippen LogP contribution in [0.5, 0.6) is 0 Å². The first-order chi connectivity index (χ1) is 17.9. The predicted octanol–water partition coefficient (Wildman–Crippen LogP) is 3.70. The van der Waals surface area contributed by atoms with Crippen LogP contribution in [0.15, 0.2) is 71.7 Å². The van der Waals surface area contributed by atoms with Crippen molar-refractivity contribution in [3.8, 4) is 11.1 Å². The molecule has 3 aromatic carbocycles. The summed E-state index contributed by atoms with van der Waals surface area (Å²) in [6.45, 7) is 6.47. The Bertz CT molecular complexity index is 1230. The SMILES string of the molecule is CCOC(=O)c1cccc(-c2ccc(C(N)=NC)c(N)c2)c1.CN1CCN(c2ccc(C=O)cc2)CC1. The Balaban J connectivity index is 0.000000220. The zero-order valence-electron chi connectivity index (χ0n) is 21.7. The minimum absolute atomic E-state index is 0.337. The zero-order valence-corrected chi connectivity index (χ0v) is 21.7. The van der Waals surface area contributed by atoms with Gasteiger partial charge in [0.25, 0.3) is 0 Å². The number of nitrogen functional groups attached to an aromatic ring is 1. The van der Waals surface area contributed by atoms with Gasteiger partial charge in [0, 0.05) is 55.7 Å². The van der Waals surface area contributed by atoms with E-state index in [4.69, 9.17) is 16.2 Å². The Morgan fingerprint density at radius 2 is 1.68 bits per heavy atom. The number of hydrogen-bond donors (Lipinski definition) is 2. The topological polar surface area (TPSA) is 114 Å². The molecule has 0 amide bonds. The number of nitrogens with two attached hydrogens (primary N) is 2. The average Bonchev–Trinajstić information content (AvgIpc) is 2.93. The molecule has 8 heteroatoms. The van der Waals surface area contributed by atoms with E-state index in [2.05, 4.69) is 21.8 Å². The normalized spacial score (nSPS) is 13.9. The number of benzene rings is 3. The van der Waals surface area contributed by atoms with Crippen LogP contribution in [0, 0.1) is 0 Å². The van der Waals surface area contributed by atoms with Gasteiger partial charge in [0.15, 0.2) is 0 Å². The lowest BCUT2D eigenvalue weighted by Crippen LogP contribution is -2.44. The molecular weight excluding hydrogens is 466 g/mol. The molecule has 0 atom stereocenters. The van der Waals surface area contributed by atoms with Crippen LogP contribution >= 0.6 is 0 Å². The highest BCUT2D eigenvalue weighted by Crippen LogP contribution is 2.25. The first kappa shape index (κ1) is 27.4. The van der Waals surface area contributed by atoms with Crippen molar-refractivity contribution in [2.45, 2.75) is 6.92 Å². The average molecular weight is 502 g/mol. The molecule has 0 saturated carbocycles. The summed E-state index contributed by atoms with van der Waals surface area (Å²) >= 11 is 0. The van der Waals surface area contributed by atoms with E-state index in [1.807, 2.05) is 54.6 Å². The number of anilines is 2. The van der Waals surface area contributed by atoms with Crippen LogP contribution in [0.3, 0.4) is 0 Å². The summed E-state index contributed by atoms with van der Waals surface area (Å²) in [6, 6.07) is 20.6. The Kier molecular flexibility index (Phi) is 9.80. The van der Waals surface area contributed by atoms with Gasteiger partial charge in [-0.3, -0.25) is 9.79 Å². The molecule has 0 radical (unpaired) electrons. The van der Waals surface area contributed by atoms with Crippen LogP contribution < -0.4 is 16.4 Å². The number of amidine groups is 1. The Hall–Kier alpha value is -4.17. The number of carbonyl (C=O) groups excluding carboxylic acids is 2. The van der Waals surface area contributed by atoms with E-state index in [-0.39, 0.29) is 5.97 Å². The molecule has 1 aliphatic heterocycles. The summed E-state index contributed by atoms with van der Waals surface area (Å²) in [5.41, 5.74) is 17.3. The van der Waals surface area contributed by atoms with Crippen molar-refractivity contribution in [1.82, 2.24) is 4.90 Å². The van der Waals surface area contributed by atoms with Crippen molar-refractivity contribution in [2.24, 2.45) is 10.7 Å². The van der Waals surface area contributed by atoms with Crippen molar-refractivity contribution in [1.29, 1.82) is 0 Å². The minimum Gasteiger partial charge on any atom is -0.462 e. The lowest BCUT2D eigenvalue weighted by Gasteiger charge is -2.34. The number of aliphatic imine (C=N–C) groups is 1. The Labute approximate surface area is 218 Å². The Morgan fingerprint density at radius 1 is 1.00 bits per heavy atom. The van der Waals surface area contributed by atoms with Gasteiger partial charge in [0.1, 0.15) is 12.1 Å². The van der Waals surface area contributed by atoms with Gasteiger partial charge >= 0.3 is 5.97 Å². The molecule has 1 fully saturated rings. The van der Waals surface area contributed by atoms with Crippen molar-refractivity contribution >= 4 is 29.5 Å². The molecule has 8 nitrogen and oxygen atoms in total. The van der Waals surface area contributed by atoms with Crippen LogP contribution in [0.1, 0.15) is 33.2 Å². The maximum absolute atomic E-state index is 11.8. The maximum Gasteiger partial charge on any atom is 0.338 e. The lowest BCUT2D eigenvalue weighted by molar-refractivity contribution is 0.0526. The number of nitrogens with zero attached hydrogens (tertiary/aromatic N) is 3. The molecule has 1 aliphatic rings. The van der Waals surface area contributed by atoms with E-state index < -0.39 is 0 Å². The van der Waals surface area contributed by atoms with Crippen LogP contribution in [-0.4, -0.2) is 69.9 Å². The number of aldehydes is 1. The van der Waals surface area contributed by atoms with Gasteiger partial charge in [-0.05, 0) is 73.6 Å². The maximum atomic E-state index is 11.8. The number of ether oxygens (including phenoxy) is 1.